The molecule has 0 aliphatic rings. The van der Waals surface area contributed by atoms with Gasteiger partial charge >= 0.3 is 0 Å². The summed E-state index contributed by atoms with van der Waals surface area (Å²) in [6.07, 6.45) is 0.981. The van der Waals surface area contributed by atoms with Gasteiger partial charge < -0.3 is 5.73 Å². The number of rotatable bonds is 4. The van der Waals surface area contributed by atoms with Gasteiger partial charge in [-0.2, -0.15) is 0 Å². The Morgan fingerprint density at radius 2 is 1.24 bits per heavy atom. The van der Waals surface area contributed by atoms with E-state index in [1.807, 2.05) is 12.1 Å². The van der Waals surface area contributed by atoms with E-state index < -0.39 is 0 Å². The molecule has 1 heteroatoms. The Kier molecular flexibility index (Phi) is 3.94. The average Bonchev–Trinajstić information content (AvgIpc) is 2.41. The first kappa shape index (κ1) is 11.9. The molecule has 0 bridgehead atoms. The molecule has 0 saturated heterocycles. The van der Waals surface area contributed by atoms with Crippen molar-refractivity contribution in [1.82, 2.24) is 0 Å². The van der Waals surface area contributed by atoms with E-state index in [9.17, 15) is 0 Å². The minimum Gasteiger partial charge on any atom is -0.327 e. The van der Waals surface area contributed by atoms with Gasteiger partial charge in [-0.25, -0.2) is 0 Å². The molecule has 0 heterocycles. The van der Waals surface area contributed by atoms with Crippen LogP contribution in [0.3, 0.4) is 0 Å². The van der Waals surface area contributed by atoms with E-state index in [1.54, 1.807) is 0 Å². The summed E-state index contributed by atoms with van der Waals surface area (Å²) in [5.74, 6) is 0.294. The smallest absolute Gasteiger partial charge is 0.0241 e. The van der Waals surface area contributed by atoms with Crippen LogP contribution in [-0.2, 0) is 0 Å². The largest absolute Gasteiger partial charge is 0.327 e. The van der Waals surface area contributed by atoms with E-state index in [2.05, 4.69) is 55.5 Å². The predicted octanol–water partition coefficient (Wildman–Crippen LogP) is 3.56. The summed E-state index contributed by atoms with van der Waals surface area (Å²) in [6.45, 7) is 2.14. The molecule has 2 rings (SSSR count). The first-order valence-electron chi connectivity index (χ1n) is 6.18. The van der Waals surface area contributed by atoms with Gasteiger partial charge in [0.05, 0.1) is 0 Å². The number of hydrogen-bond acceptors (Lipinski definition) is 1. The predicted molar refractivity (Wildman–Crippen MR) is 73.0 cm³/mol. The van der Waals surface area contributed by atoms with Crippen molar-refractivity contribution in [2.24, 2.45) is 5.73 Å². The van der Waals surface area contributed by atoms with E-state index in [0.29, 0.717) is 5.92 Å². The van der Waals surface area contributed by atoms with Crippen LogP contribution in [0.4, 0.5) is 0 Å². The summed E-state index contributed by atoms with van der Waals surface area (Å²) in [7, 11) is 0. The normalized spacial score (nSPS) is 12.6. The third-order valence-corrected chi connectivity index (χ3v) is 3.22. The monoisotopic (exact) mass is 225 g/mol. The van der Waals surface area contributed by atoms with Gasteiger partial charge in [-0.05, 0) is 17.5 Å². The van der Waals surface area contributed by atoms with Gasteiger partial charge in [-0.15, -0.1) is 0 Å². The van der Waals surface area contributed by atoms with Crippen LogP contribution in [0.1, 0.15) is 30.4 Å². The Morgan fingerprint density at radius 3 is 1.59 bits per heavy atom. The van der Waals surface area contributed by atoms with Crippen molar-refractivity contribution in [3.05, 3.63) is 71.8 Å². The van der Waals surface area contributed by atoms with Crippen molar-refractivity contribution in [3.8, 4) is 0 Å². The van der Waals surface area contributed by atoms with Crippen LogP contribution in [0.2, 0.25) is 0 Å². The van der Waals surface area contributed by atoms with Crippen LogP contribution >= 0.6 is 0 Å². The highest BCUT2D eigenvalue weighted by atomic mass is 14.6. The Labute approximate surface area is 103 Å². The third kappa shape index (κ3) is 2.75. The van der Waals surface area contributed by atoms with E-state index in [4.69, 9.17) is 5.73 Å². The lowest BCUT2D eigenvalue weighted by Gasteiger charge is -2.24. The van der Waals surface area contributed by atoms with Crippen LogP contribution in [0.15, 0.2) is 60.7 Å². The first-order chi connectivity index (χ1) is 8.33. The van der Waals surface area contributed by atoms with Crippen LogP contribution < -0.4 is 5.73 Å². The average molecular weight is 225 g/mol. The van der Waals surface area contributed by atoms with Crippen molar-refractivity contribution < 1.29 is 0 Å². The second-order valence-corrected chi connectivity index (χ2v) is 4.37. The van der Waals surface area contributed by atoms with Crippen molar-refractivity contribution in [1.29, 1.82) is 0 Å². The van der Waals surface area contributed by atoms with Gasteiger partial charge in [0.25, 0.3) is 0 Å². The summed E-state index contributed by atoms with van der Waals surface area (Å²) in [6, 6.07) is 21.2. The molecule has 0 aromatic heterocycles. The van der Waals surface area contributed by atoms with Crippen LogP contribution in [0.25, 0.3) is 0 Å². The summed E-state index contributed by atoms with van der Waals surface area (Å²) in [5.41, 5.74) is 8.88. The number of nitrogens with two attached hydrogens (primary N) is 1. The SMILES string of the molecule is CC[C@H](N)C(c1ccccc1)c1ccccc1. The van der Waals surface area contributed by atoms with Crippen molar-refractivity contribution in [3.63, 3.8) is 0 Å². The molecule has 2 aromatic carbocycles. The van der Waals surface area contributed by atoms with Crippen molar-refractivity contribution in [2.45, 2.75) is 25.3 Å². The summed E-state index contributed by atoms with van der Waals surface area (Å²) in [5, 5.41) is 0. The van der Waals surface area contributed by atoms with Crippen LogP contribution in [0, 0.1) is 0 Å². The molecule has 0 aliphatic heterocycles. The summed E-state index contributed by atoms with van der Waals surface area (Å²) in [4.78, 5) is 0. The minimum absolute atomic E-state index is 0.166. The lowest BCUT2D eigenvalue weighted by atomic mass is 9.84. The number of hydrogen-bond donors (Lipinski definition) is 1. The summed E-state index contributed by atoms with van der Waals surface area (Å²) < 4.78 is 0. The minimum atomic E-state index is 0.166. The Balaban J connectivity index is 2.39. The molecule has 0 radical (unpaired) electrons. The van der Waals surface area contributed by atoms with Gasteiger partial charge in [0.2, 0.25) is 0 Å². The zero-order valence-electron chi connectivity index (χ0n) is 10.2. The van der Waals surface area contributed by atoms with Crippen molar-refractivity contribution >= 4 is 0 Å². The van der Waals surface area contributed by atoms with Crippen molar-refractivity contribution in [2.75, 3.05) is 0 Å². The van der Waals surface area contributed by atoms with Crippen LogP contribution in [-0.4, -0.2) is 6.04 Å². The fraction of sp³-hybridized carbons (Fsp3) is 0.250. The van der Waals surface area contributed by atoms with E-state index in [0.717, 1.165) is 6.42 Å². The Morgan fingerprint density at radius 1 is 0.824 bits per heavy atom. The maximum absolute atomic E-state index is 6.28. The second kappa shape index (κ2) is 5.65. The van der Waals surface area contributed by atoms with Gasteiger partial charge in [-0.1, -0.05) is 67.6 Å². The standard InChI is InChI=1S/C16H19N/c1-2-15(17)16(13-9-5-3-6-10-13)14-11-7-4-8-12-14/h3-12,15-16H,2,17H2,1H3/t15-/m0/s1. The topological polar surface area (TPSA) is 26.0 Å². The quantitative estimate of drug-likeness (QED) is 0.846. The Hall–Kier alpha value is -1.60. The number of benzene rings is 2. The summed E-state index contributed by atoms with van der Waals surface area (Å²) >= 11 is 0. The van der Waals surface area contributed by atoms with Gasteiger partial charge in [0, 0.05) is 12.0 Å². The fourth-order valence-corrected chi connectivity index (χ4v) is 2.24. The molecule has 2 aromatic rings. The molecule has 0 spiro atoms. The molecular formula is C16H19N. The first-order valence-corrected chi connectivity index (χ1v) is 6.18. The van der Waals surface area contributed by atoms with E-state index in [1.165, 1.54) is 11.1 Å². The maximum atomic E-state index is 6.28. The molecule has 88 valence electrons. The van der Waals surface area contributed by atoms with Gasteiger partial charge in [0.15, 0.2) is 0 Å². The molecule has 17 heavy (non-hydrogen) atoms. The highest BCUT2D eigenvalue weighted by Crippen LogP contribution is 2.28. The van der Waals surface area contributed by atoms with E-state index >= 15 is 0 Å². The fourth-order valence-electron chi connectivity index (χ4n) is 2.24. The molecule has 0 fully saturated rings. The molecule has 0 unspecified atom stereocenters. The maximum Gasteiger partial charge on any atom is 0.0241 e. The second-order valence-electron chi connectivity index (χ2n) is 4.37. The zero-order valence-corrected chi connectivity index (χ0v) is 10.2. The Bertz CT molecular complexity index is 396. The van der Waals surface area contributed by atoms with Gasteiger partial charge in [-0.3, -0.25) is 0 Å². The molecular weight excluding hydrogens is 206 g/mol. The third-order valence-electron chi connectivity index (χ3n) is 3.22. The van der Waals surface area contributed by atoms with Gasteiger partial charge in [0.1, 0.15) is 0 Å². The highest BCUT2D eigenvalue weighted by Gasteiger charge is 2.19. The molecule has 1 nitrogen and oxygen atoms in total. The lowest BCUT2D eigenvalue weighted by Crippen LogP contribution is -2.28. The highest BCUT2D eigenvalue weighted by molar-refractivity contribution is 5.34. The molecule has 2 N–H and O–H groups in total. The van der Waals surface area contributed by atoms with Crippen LogP contribution in [0.5, 0.6) is 0 Å². The molecule has 1 atom stereocenters. The molecule has 0 saturated carbocycles. The zero-order chi connectivity index (χ0) is 12.1. The van der Waals surface area contributed by atoms with E-state index in [-0.39, 0.29) is 6.04 Å². The molecule has 0 aliphatic carbocycles. The lowest BCUT2D eigenvalue weighted by molar-refractivity contribution is 0.576. The molecule has 0 amide bonds.